The maximum absolute atomic E-state index is 12.6. The number of anilines is 1. The van der Waals surface area contributed by atoms with Gasteiger partial charge in [-0.15, -0.1) is 5.10 Å². The van der Waals surface area contributed by atoms with Crippen LogP contribution in [-0.2, 0) is 4.79 Å². The summed E-state index contributed by atoms with van der Waals surface area (Å²) < 4.78 is 0. The van der Waals surface area contributed by atoms with Crippen LogP contribution in [0, 0.1) is 6.92 Å². The molecule has 1 aliphatic rings. The summed E-state index contributed by atoms with van der Waals surface area (Å²) in [6.07, 6.45) is 1.94. The molecular weight excluding hydrogens is 292 g/mol. The molecule has 2 aromatic rings. The van der Waals surface area contributed by atoms with Crippen LogP contribution in [0.15, 0.2) is 29.8 Å². The Morgan fingerprint density at radius 1 is 1.17 bits per heavy atom. The van der Waals surface area contributed by atoms with Gasteiger partial charge in [0.05, 0.1) is 0 Å². The summed E-state index contributed by atoms with van der Waals surface area (Å²) >= 11 is 0. The van der Waals surface area contributed by atoms with Crippen LogP contribution in [0.5, 0.6) is 0 Å². The number of nitrogens with one attached hydrogen (secondary N) is 1. The third-order valence-corrected chi connectivity index (χ3v) is 3.98. The average molecular weight is 312 g/mol. The Morgan fingerprint density at radius 2 is 1.87 bits per heavy atom. The van der Waals surface area contributed by atoms with Gasteiger partial charge in [0.25, 0.3) is 5.95 Å². The number of carbonyl (C=O) groups is 1. The molecule has 0 bridgehead atoms. The van der Waals surface area contributed by atoms with Crippen molar-refractivity contribution in [1.29, 1.82) is 0 Å². The maximum Gasteiger partial charge on any atom is 0.265 e. The second-order valence-electron chi connectivity index (χ2n) is 5.73. The van der Waals surface area contributed by atoms with E-state index in [1.807, 2.05) is 47.1 Å². The highest BCUT2D eigenvalue weighted by molar-refractivity contribution is 5.97. The van der Waals surface area contributed by atoms with Gasteiger partial charge >= 0.3 is 0 Å². The molecule has 3 rings (SSSR count). The molecule has 120 valence electrons. The van der Waals surface area contributed by atoms with Crippen LogP contribution in [0.25, 0.3) is 6.08 Å². The molecule has 1 aromatic heterocycles. The Morgan fingerprint density at radius 3 is 2.48 bits per heavy atom. The molecule has 0 spiro atoms. The van der Waals surface area contributed by atoms with Crippen molar-refractivity contribution in [3.8, 4) is 0 Å². The van der Waals surface area contributed by atoms with Crippen LogP contribution in [0.1, 0.15) is 18.1 Å². The van der Waals surface area contributed by atoms with E-state index in [0.717, 1.165) is 11.1 Å². The summed E-state index contributed by atoms with van der Waals surface area (Å²) in [7, 11) is 0. The second kappa shape index (κ2) is 6.60. The van der Waals surface area contributed by atoms with Gasteiger partial charge in [0.1, 0.15) is 0 Å². The quantitative estimate of drug-likeness (QED) is 0.863. The Labute approximate surface area is 135 Å². The van der Waals surface area contributed by atoms with Crippen LogP contribution < -0.4 is 4.90 Å². The fraction of sp³-hybridized carbons (Fsp3) is 0.375. The van der Waals surface area contributed by atoms with E-state index in [4.69, 9.17) is 0 Å². The van der Waals surface area contributed by atoms with Crippen molar-refractivity contribution in [2.45, 2.75) is 13.8 Å². The highest BCUT2D eigenvalue weighted by atomic mass is 16.2. The Hall–Kier alpha value is -2.70. The summed E-state index contributed by atoms with van der Waals surface area (Å²) in [5.74, 6) is 0.669. The highest BCUT2D eigenvalue weighted by Crippen LogP contribution is 2.14. The molecule has 23 heavy (non-hydrogen) atoms. The van der Waals surface area contributed by atoms with Crippen molar-refractivity contribution in [3.05, 3.63) is 41.0 Å². The molecule has 0 aliphatic carbocycles. The van der Waals surface area contributed by atoms with Crippen LogP contribution in [0.4, 0.5) is 5.95 Å². The first-order valence-corrected chi connectivity index (χ1v) is 7.66. The van der Waals surface area contributed by atoms with E-state index in [0.29, 0.717) is 32.1 Å². The van der Waals surface area contributed by atoms with Gasteiger partial charge in [-0.25, -0.2) is 0 Å². The normalized spacial score (nSPS) is 15.8. The summed E-state index contributed by atoms with van der Waals surface area (Å²) in [6.45, 7) is 6.66. The van der Waals surface area contributed by atoms with Crippen molar-refractivity contribution >= 4 is 17.9 Å². The van der Waals surface area contributed by atoms with Crippen LogP contribution in [0.2, 0.25) is 0 Å². The number of H-pyrrole nitrogens is 1. The van der Waals surface area contributed by atoms with E-state index in [-0.39, 0.29) is 5.91 Å². The molecule has 1 N–H and O–H groups in total. The molecule has 7 nitrogen and oxygen atoms in total. The number of hydrogen-bond acceptors (Lipinski definition) is 5. The number of nitrogens with zero attached hydrogens (tertiary/aromatic N) is 5. The Bertz CT molecular complexity index is 684. The lowest BCUT2D eigenvalue weighted by molar-refractivity contribution is -0.127. The monoisotopic (exact) mass is 312 g/mol. The minimum absolute atomic E-state index is 0.0818. The number of tetrazole rings is 1. The Kier molecular flexibility index (Phi) is 4.36. The van der Waals surface area contributed by atoms with Gasteiger partial charge in [0.2, 0.25) is 5.91 Å². The van der Waals surface area contributed by atoms with Gasteiger partial charge < -0.3 is 9.80 Å². The van der Waals surface area contributed by atoms with Gasteiger partial charge in [-0.05, 0) is 30.7 Å². The smallest absolute Gasteiger partial charge is 0.265 e. The molecule has 1 aromatic carbocycles. The minimum atomic E-state index is 0.0818. The van der Waals surface area contributed by atoms with Gasteiger partial charge in [-0.2, -0.15) is 5.21 Å². The zero-order valence-electron chi connectivity index (χ0n) is 13.4. The molecule has 1 fully saturated rings. The maximum atomic E-state index is 12.6. The van der Waals surface area contributed by atoms with E-state index < -0.39 is 0 Å². The summed E-state index contributed by atoms with van der Waals surface area (Å²) in [6, 6.07) is 8.15. The SMILES string of the molecule is C/C(=C\c1ccc(C)cc1)C(=O)N1CCN(c2nn[nH]n2)CC1. The van der Waals surface area contributed by atoms with E-state index in [9.17, 15) is 4.79 Å². The zero-order chi connectivity index (χ0) is 16.2. The second-order valence-corrected chi connectivity index (χ2v) is 5.73. The first kappa shape index (κ1) is 15.2. The molecule has 1 aliphatic heterocycles. The third-order valence-electron chi connectivity index (χ3n) is 3.98. The lowest BCUT2D eigenvalue weighted by atomic mass is 10.1. The van der Waals surface area contributed by atoms with Crippen molar-refractivity contribution in [2.24, 2.45) is 0 Å². The van der Waals surface area contributed by atoms with Gasteiger partial charge in [-0.1, -0.05) is 34.9 Å². The molecule has 1 amide bonds. The van der Waals surface area contributed by atoms with Crippen molar-refractivity contribution in [3.63, 3.8) is 0 Å². The number of amides is 1. The first-order chi connectivity index (χ1) is 11.1. The molecular formula is C16H20N6O. The molecule has 0 saturated carbocycles. The standard InChI is InChI=1S/C16H20N6O/c1-12-3-5-14(6-4-12)11-13(2)15(23)21-7-9-22(10-8-21)16-17-19-20-18-16/h3-6,11H,7-10H2,1-2H3,(H,17,18,19,20)/b13-11+. The number of benzene rings is 1. The number of carbonyl (C=O) groups excluding carboxylic acids is 1. The Balaban J connectivity index is 1.61. The number of rotatable bonds is 3. The van der Waals surface area contributed by atoms with Gasteiger partial charge in [0, 0.05) is 31.8 Å². The van der Waals surface area contributed by atoms with E-state index in [2.05, 4.69) is 27.5 Å². The first-order valence-electron chi connectivity index (χ1n) is 7.66. The lowest BCUT2D eigenvalue weighted by Gasteiger charge is -2.34. The van der Waals surface area contributed by atoms with Crippen LogP contribution in [-0.4, -0.2) is 57.6 Å². The fourth-order valence-electron chi connectivity index (χ4n) is 2.62. The summed E-state index contributed by atoms with van der Waals surface area (Å²) in [5.41, 5.74) is 3.01. The van der Waals surface area contributed by atoms with Crippen LogP contribution in [0.3, 0.4) is 0 Å². The van der Waals surface area contributed by atoms with Gasteiger partial charge in [0.15, 0.2) is 0 Å². The summed E-state index contributed by atoms with van der Waals surface area (Å²) in [4.78, 5) is 16.4. The van der Waals surface area contributed by atoms with E-state index in [1.165, 1.54) is 5.56 Å². The topological polar surface area (TPSA) is 78.0 Å². The minimum Gasteiger partial charge on any atom is -0.335 e. The van der Waals surface area contributed by atoms with Gasteiger partial charge in [-0.3, -0.25) is 4.79 Å². The molecule has 1 saturated heterocycles. The number of aromatic nitrogens is 4. The predicted molar refractivity (Wildman–Crippen MR) is 87.8 cm³/mol. The molecule has 2 heterocycles. The number of piperazine rings is 1. The average Bonchev–Trinajstić information content (AvgIpc) is 3.11. The van der Waals surface area contributed by atoms with Crippen molar-refractivity contribution < 1.29 is 4.79 Å². The van der Waals surface area contributed by atoms with E-state index >= 15 is 0 Å². The van der Waals surface area contributed by atoms with Crippen molar-refractivity contribution in [2.75, 3.05) is 31.1 Å². The highest BCUT2D eigenvalue weighted by Gasteiger charge is 2.23. The summed E-state index contributed by atoms with van der Waals surface area (Å²) in [5, 5.41) is 14.0. The fourth-order valence-corrected chi connectivity index (χ4v) is 2.62. The molecule has 7 heteroatoms. The lowest BCUT2D eigenvalue weighted by Crippen LogP contribution is -2.49. The van der Waals surface area contributed by atoms with Crippen LogP contribution >= 0.6 is 0 Å². The predicted octanol–water partition coefficient (Wildman–Crippen LogP) is 1.26. The molecule has 0 unspecified atom stereocenters. The largest absolute Gasteiger partial charge is 0.335 e. The number of hydrogen-bond donors (Lipinski definition) is 1. The number of aryl methyl sites for hydroxylation is 1. The number of aromatic amines is 1. The molecule has 0 atom stereocenters. The van der Waals surface area contributed by atoms with Crippen molar-refractivity contribution in [1.82, 2.24) is 25.5 Å². The van der Waals surface area contributed by atoms with E-state index in [1.54, 1.807) is 0 Å². The zero-order valence-corrected chi connectivity index (χ0v) is 13.4. The third kappa shape index (κ3) is 3.56. The molecule has 0 radical (unpaired) electrons.